The number of thioether (sulfide) groups is 2. The molecule has 7 N–H and O–H groups in total. The van der Waals surface area contributed by atoms with Crippen molar-refractivity contribution in [3.63, 3.8) is 0 Å². The SMILES string of the molecule is Nc1nc(/C(=N\OCC(=O)O)C(=O)NC2C(=O)N3C(C(=O)O)=C(CSc4s[nH]c(=O)c4C(=O)O)CS[C@H]23)ns1.[H-].[Na+]. The second kappa shape index (κ2) is 13.1. The number of carboxylic acid groups (broad SMARTS) is 3. The topological polar surface area (TPSA) is 268 Å². The Balaban J connectivity index is 0.00000294. The summed E-state index contributed by atoms with van der Waals surface area (Å²) in [4.78, 5) is 81.2. The van der Waals surface area contributed by atoms with E-state index in [2.05, 4.69) is 29.0 Å². The normalized spacial score (nSPS) is 18.4. The van der Waals surface area contributed by atoms with Crippen molar-refractivity contribution in [2.75, 3.05) is 23.8 Å². The quantitative estimate of drug-likeness (QED) is 0.0449. The van der Waals surface area contributed by atoms with Crippen LogP contribution in [0.4, 0.5) is 5.13 Å². The van der Waals surface area contributed by atoms with Crippen LogP contribution in [0.2, 0.25) is 0 Å². The fraction of sp³-hybridized carbons (Fsp3) is 0.278. The molecular weight excluding hydrogens is 625 g/mol. The summed E-state index contributed by atoms with van der Waals surface area (Å²) in [6.07, 6.45) is 0. The van der Waals surface area contributed by atoms with Gasteiger partial charge < -0.3 is 32.6 Å². The molecule has 40 heavy (non-hydrogen) atoms. The number of aromatic carboxylic acids is 1. The number of nitrogens with one attached hydrogen (secondary N) is 2. The van der Waals surface area contributed by atoms with Gasteiger partial charge in [-0.2, -0.15) is 9.36 Å². The second-order valence-corrected chi connectivity index (χ2v) is 11.4. The smallest absolute Gasteiger partial charge is 1.00 e. The van der Waals surface area contributed by atoms with Crippen LogP contribution < -0.4 is 46.2 Å². The third kappa shape index (κ3) is 6.50. The molecule has 1 unspecified atom stereocenters. The van der Waals surface area contributed by atoms with Gasteiger partial charge >= 0.3 is 47.5 Å². The molecule has 2 amide bonds. The number of fused-ring (bicyclic) bond motifs is 1. The van der Waals surface area contributed by atoms with Crippen LogP contribution in [0.25, 0.3) is 0 Å². The summed E-state index contributed by atoms with van der Waals surface area (Å²) in [7, 11) is 0. The molecule has 2 aliphatic rings. The Bertz CT molecular complexity index is 1510. The van der Waals surface area contributed by atoms with E-state index < -0.39 is 64.6 Å². The Morgan fingerprint density at radius 1 is 1.25 bits per heavy atom. The number of nitrogens with two attached hydrogens (primary N) is 1. The van der Waals surface area contributed by atoms with Gasteiger partial charge in [0.1, 0.15) is 17.1 Å². The van der Waals surface area contributed by atoms with Crippen molar-refractivity contribution in [2.45, 2.75) is 15.6 Å². The zero-order chi connectivity index (χ0) is 28.4. The van der Waals surface area contributed by atoms with E-state index in [1.165, 1.54) is 0 Å². The molecule has 1 saturated heterocycles. The maximum Gasteiger partial charge on any atom is 1.00 e. The van der Waals surface area contributed by atoms with E-state index in [4.69, 9.17) is 10.8 Å². The number of carboxylic acids is 3. The molecule has 4 rings (SSSR count). The standard InChI is InChI=1S/C18H15N7O10S4.Na.H/c19-18-21-10(23-39-18)7(22-35-1-5(26)27)12(29)20-8-13(30)25-9(16(33)34)4(2-36-14(8)25)3-37-17-6(15(31)32)11(28)24-38-17;;/h8,14H,1-3H2,(H,20,29)(H,24,28)(H,26,27)(H,31,32)(H,33,34)(H2,19,21,23);;/q;+1;-1/b22-7+;;/t8?,14-;;/m1../s1. The number of hydrogen-bond acceptors (Lipinski definition) is 15. The fourth-order valence-corrected chi connectivity index (χ4v) is 7.28. The monoisotopic (exact) mass is 641 g/mol. The summed E-state index contributed by atoms with van der Waals surface area (Å²) in [5.74, 6) is -6.06. The molecule has 2 aliphatic heterocycles. The fourth-order valence-electron chi connectivity index (χ4n) is 3.40. The van der Waals surface area contributed by atoms with Gasteiger partial charge in [0.15, 0.2) is 10.7 Å². The number of aromatic amines is 1. The Hall–Kier alpha value is -2.95. The van der Waals surface area contributed by atoms with Crippen LogP contribution >= 0.6 is 46.6 Å². The van der Waals surface area contributed by atoms with Crippen LogP contribution in [0.1, 0.15) is 17.6 Å². The van der Waals surface area contributed by atoms with Gasteiger partial charge in [-0.05, 0) is 5.57 Å². The molecule has 22 heteroatoms. The number of rotatable bonds is 11. The number of hydrogen-bond donors (Lipinski definition) is 6. The Morgan fingerprint density at radius 3 is 2.58 bits per heavy atom. The molecule has 4 heterocycles. The first-order valence-electron chi connectivity index (χ1n) is 10.3. The number of anilines is 1. The number of carbonyl (C=O) groups excluding carboxylic acids is 2. The van der Waals surface area contributed by atoms with Gasteiger partial charge in [0, 0.05) is 23.0 Å². The van der Waals surface area contributed by atoms with Gasteiger partial charge in [-0.3, -0.25) is 23.7 Å². The number of aliphatic carboxylic acids is 2. The minimum atomic E-state index is -1.42. The summed E-state index contributed by atoms with van der Waals surface area (Å²) in [5.41, 5.74) is 3.77. The van der Waals surface area contributed by atoms with Crippen molar-refractivity contribution < 1.29 is 75.1 Å². The van der Waals surface area contributed by atoms with E-state index in [1.807, 2.05) is 0 Å². The van der Waals surface area contributed by atoms with Crippen LogP contribution in [0.5, 0.6) is 0 Å². The number of carbonyl (C=O) groups is 5. The van der Waals surface area contributed by atoms with E-state index in [0.717, 1.165) is 51.5 Å². The first-order chi connectivity index (χ1) is 18.5. The average molecular weight is 642 g/mol. The van der Waals surface area contributed by atoms with E-state index in [0.29, 0.717) is 5.57 Å². The minimum Gasteiger partial charge on any atom is -1.00 e. The first-order valence-corrected chi connectivity index (χ1v) is 13.9. The molecule has 2 atom stereocenters. The number of nitrogens with zero attached hydrogens (tertiary/aromatic N) is 4. The van der Waals surface area contributed by atoms with Crippen LogP contribution in [0.15, 0.2) is 25.4 Å². The molecule has 0 aromatic carbocycles. The number of H-pyrrole nitrogens is 1. The molecule has 0 saturated carbocycles. The molecular formula is C18H16N7NaO10S4. The molecule has 2 aromatic heterocycles. The molecule has 0 radical (unpaired) electrons. The van der Waals surface area contributed by atoms with Crippen LogP contribution in [0, 0.1) is 0 Å². The third-order valence-corrected chi connectivity index (χ3v) is 9.13. The predicted octanol–water partition coefficient (Wildman–Crippen LogP) is -3.98. The van der Waals surface area contributed by atoms with Crippen LogP contribution in [-0.2, 0) is 24.0 Å². The second-order valence-electron chi connectivity index (χ2n) is 7.47. The number of aromatic nitrogens is 3. The minimum absolute atomic E-state index is 0. The van der Waals surface area contributed by atoms with Gasteiger partial charge in [-0.25, -0.2) is 14.4 Å². The largest absolute Gasteiger partial charge is 1.00 e. The van der Waals surface area contributed by atoms with Crippen molar-refractivity contribution >= 4 is 87.2 Å². The molecule has 208 valence electrons. The van der Waals surface area contributed by atoms with Gasteiger partial charge in [0.05, 0.1) is 4.21 Å². The summed E-state index contributed by atoms with van der Waals surface area (Å²) >= 11 is 3.64. The van der Waals surface area contributed by atoms with E-state index in [-0.39, 0.29) is 63.4 Å². The number of amides is 2. The van der Waals surface area contributed by atoms with E-state index in [9.17, 15) is 39.0 Å². The zero-order valence-corrected chi connectivity index (χ0v) is 25.2. The van der Waals surface area contributed by atoms with Crippen molar-refractivity contribution in [1.82, 2.24) is 23.9 Å². The van der Waals surface area contributed by atoms with Crippen LogP contribution in [0.3, 0.4) is 0 Å². The van der Waals surface area contributed by atoms with Gasteiger partial charge in [0.2, 0.25) is 18.1 Å². The van der Waals surface area contributed by atoms with Crippen molar-refractivity contribution in [2.24, 2.45) is 5.16 Å². The average Bonchev–Trinajstić information content (AvgIpc) is 3.47. The Labute approximate surface area is 262 Å². The first kappa shape index (κ1) is 31.6. The van der Waals surface area contributed by atoms with Gasteiger partial charge in [-0.1, -0.05) is 16.7 Å². The Kier molecular flexibility index (Phi) is 10.4. The van der Waals surface area contributed by atoms with Crippen molar-refractivity contribution in [3.05, 3.63) is 33.0 Å². The maximum atomic E-state index is 13.0. The number of nitrogen functional groups attached to an aromatic ring is 1. The maximum absolute atomic E-state index is 13.0. The molecule has 0 aliphatic carbocycles. The molecule has 2 aromatic rings. The zero-order valence-electron chi connectivity index (χ0n) is 21.0. The van der Waals surface area contributed by atoms with Crippen molar-refractivity contribution in [1.29, 1.82) is 0 Å². The van der Waals surface area contributed by atoms with Gasteiger partial charge in [-0.15, -0.1) is 23.5 Å². The summed E-state index contributed by atoms with van der Waals surface area (Å²) < 4.78 is 6.31. The van der Waals surface area contributed by atoms with E-state index >= 15 is 0 Å². The predicted molar refractivity (Wildman–Crippen MR) is 138 cm³/mol. The molecule has 0 bridgehead atoms. The number of β-lactam (4-membered cyclic amide) rings is 1. The number of oxime groups is 1. The van der Waals surface area contributed by atoms with Crippen LogP contribution in [-0.4, -0.2) is 98.9 Å². The summed E-state index contributed by atoms with van der Waals surface area (Å²) in [6, 6.07) is -1.17. The van der Waals surface area contributed by atoms with E-state index in [1.54, 1.807) is 0 Å². The molecule has 0 spiro atoms. The molecule has 1 fully saturated rings. The summed E-state index contributed by atoms with van der Waals surface area (Å²) in [5, 5.41) is 32.9. The van der Waals surface area contributed by atoms with Gasteiger partial charge in [0.25, 0.3) is 17.4 Å². The summed E-state index contributed by atoms with van der Waals surface area (Å²) in [6.45, 7) is -0.869. The third-order valence-electron chi connectivity index (χ3n) is 5.01. The molecule has 17 nitrogen and oxygen atoms in total. The Morgan fingerprint density at radius 2 is 1.98 bits per heavy atom. The van der Waals surface area contributed by atoms with Crippen molar-refractivity contribution in [3.8, 4) is 0 Å².